The fourth-order valence-electron chi connectivity index (χ4n) is 3.50. The zero-order valence-electron chi connectivity index (χ0n) is 15.2. The van der Waals surface area contributed by atoms with Crippen LogP contribution in [0.2, 0.25) is 0 Å². The molecule has 3 heterocycles. The molecular formula is C18H25N3O4. The van der Waals surface area contributed by atoms with Crippen molar-refractivity contribution in [3.63, 3.8) is 0 Å². The van der Waals surface area contributed by atoms with Crippen molar-refractivity contribution in [2.75, 3.05) is 13.2 Å². The van der Waals surface area contributed by atoms with E-state index in [0.717, 1.165) is 0 Å². The van der Waals surface area contributed by atoms with Gasteiger partial charge in [-0.25, -0.2) is 14.8 Å². The van der Waals surface area contributed by atoms with Gasteiger partial charge in [0.15, 0.2) is 5.78 Å². The number of morpholine rings is 1. The van der Waals surface area contributed by atoms with Crippen molar-refractivity contribution in [3.8, 4) is 0 Å². The van der Waals surface area contributed by atoms with Crippen LogP contribution in [0.4, 0.5) is 4.79 Å². The number of rotatable bonds is 2. The van der Waals surface area contributed by atoms with Crippen LogP contribution in [-0.4, -0.2) is 57.6 Å². The summed E-state index contributed by atoms with van der Waals surface area (Å²) in [5.74, 6) is 0.534. The van der Waals surface area contributed by atoms with Crippen LogP contribution in [0.15, 0.2) is 12.4 Å². The van der Waals surface area contributed by atoms with E-state index in [-0.39, 0.29) is 29.9 Å². The van der Waals surface area contributed by atoms with E-state index in [1.807, 2.05) is 20.8 Å². The summed E-state index contributed by atoms with van der Waals surface area (Å²) in [6.07, 6.45) is 3.98. The summed E-state index contributed by atoms with van der Waals surface area (Å²) in [4.78, 5) is 35.3. The van der Waals surface area contributed by atoms with E-state index in [4.69, 9.17) is 9.47 Å². The number of piperidine rings is 1. The molecule has 0 spiro atoms. The van der Waals surface area contributed by atoms with Crippen LogP contribution < -0.4 is 0 Å². The molecule has 0 aromatic carbocycles. The molecule has 0 aliphatic carbocycles. The molecule has 2 atom stereocenters. The molecule has 2 saturated heterocycles. The van der Waals surface area contributed by atoms with Crippen molar-refractivity contribution in [3.05, 3.63) is 23.8 Å². The first-order valence-electron chi connectivity index (χ1n) is 8.66. The van der Waals surface area contributed by atoms with Crippen LogP contribution in [0.5, 0.6) is 0 Å². The second-order valence-electron chi connectivity index (χ2n) is 7.78. The maximum Gasteiger partial charge on any atom is 0.410 e. The maximum atomic E-state index is 12.8. The zero-order valence-corrected chi connectivity index (χ0v) is 15.2. The van der Waals surface area contributed by atoms with Gasteiger partial charge < -0.3 is 9.47 Å². The number of Topliss-reactive ketones (excluding diaryl/α,β-unsaturated/α-hetero) is 1. The molecule has 2 bridgehead atoms. The Morgan fingerprint density at radius 3 is 2.24 bits per heavy atom. The predicted molar refractivity (Wildman–Crippen MR) is 90.3 cm³/mol. The number of aryl methyl sites for hydroxylation is 1. The minimum Gasteiger partial charge on any atom is -0.444 e. The molecule has 2 aliphatic heterocycles. The molecule has 25 heavy (non-hydrogen) atoms. The Labute approximate surface area is 147 Å². The Kier molecular flexibility index (Phi) is 4.77. The topological polar surface area (TPSA) is 81.6 Å². The largest absolute Gasteiger partial charge is 0.444 e. The summed E-state index contributed by atoms with van der Waals surface area (Å²) in [6.45, 7) is 8.21. The quantitative estimate of drug-likeness (QED) is 0.764. The molecular weight excluding hydrogens is 322 g/mol. The molecule has 0 radical (unpaired) electrons. The third-order valence-corrected chi connectivity index (χ3v) is 4.56. The number of aromatic nitrogens is 2. The van der Waals surface area contributed by atoms with Crippen molar-refractivity contribution in [1.29, 1.82) is 0 Å². The highest BCUT2D eigenvalue weighted by molar-refractivity contribution is 5.97. The molecule has 2 fully saturated rings. The van der Waals surface area contributed by atoms with E-state index in [2.05, 4.69) is 9.97 Å². The zero-order chi connectivity index (χ0) is 18.2. The van der Waals surface area contributed by atoms with Gasteiger partial charge in [0, 0.05) is 18.3 Å². The highest BCUT2D eigenvalue weighted by Crippen LogP contribution is 2.34. The molecule has 136 valence electrons. The molecule has 2 unspecified atom stereocenters. The SMILES string of the molecule is Cc1ncc(C(=O)C2CC3COCC(C2)N3C(=O)OC(C)(C)C)cn1. The first-order valence-corrected chi connectivity index (χ1v) is 8.66. The predicted octanol–water partition coefficient (Wildman–Crippen LogP) is 2.38. The minimum atomic E-state index is -0.544. The van der Waals surface area contributed by atoms with Crippen molar-refractivity contribution in [2.24, 2.45) is 5.92 Å². The number of amides is 1. The lowest BCUT2D eigenvalue weighted by atomic mass is 9.81. The molecule has 7 heteroatoms. The lowest BCUT2D eigenvalue weighted by Gasteiger charge is -2.47. The molecule has 0 N–H and O–H groups in total. The molecule has 2 aliphatic rings. The molecule has 1 aromatic heterocycles. The van der Waals surface area contributed by atoms with Crippen molar-refractivity contribution < 1.29 is 19.1 Å². The summed E-state index contributed by atoms with van der Waals surface area (Å²) < 4.78 is 11.1. The van der Waals surface area contributed by atoms with Gasteiger partial charge >= 0.3 is 6.09 Å². The Bertz CT molecular complexity index is 639. The fraction of sp³-hybridized carbons (Fsp3) is 0.667. The van der Waals surface area contributed by atoms with Gasteiger partial charge in [0.1, 0.15) is 11.4 Å². The summed E-state index contributed by atoms with van der Waals surface area (Å²) in [7, 11) is 0. The lowest BCUT2D eigenvalue weighted by molar-refractivity contribution is -0.0861. The summed E-state index contributed by atoms with van der Waals surface area (Å²) in [5, 5.41) is 0. The maximum absolute atomic E-state index is 12.8. The Morgan fingerprint density at radius 2 is 1.72 bits per heavy atom. The summed E-state index contributed by atoms with van der Waals surface area (Å²) in [6, 6.07) is -0.273. The van der Waals surface area contributed by atoms with Crippen LogP contribution in [0.25, 0.3) is 0 Å². The van der Waals surface area contributed by atoms with Gasteiger partial charge in [0.05, 0.1) is 30.9 Å². The first kappa shape index (κ1) is 17.8. The lowest BCUT2D eigenvalue weighted by Crippen LogP contribution is -2.60. The van der Waals surface area contributed by atoms with Crippen LogP contribution in [0.3, 0.4) is 0 Å². The minimum absolute atomic E-state index is 0.0424. The van der Waals surface area contributed by atoms with Gasteiger partial charge in [-0.15, -0.1) is 0 Å². The van der Waals surface area contributed by atoms with E-state index in [1.54, 1.807) is 24.2 Å². The average Bonchev–Trinajstić information content (AvgIpc) is 2.52. The smallest absolute Gasteiger partial charge is 0.410 e. The summed E-state index contributed by atoms with van der Waals surface area (Å²) in [5.41, 5.74) is -0.0154. The van der Waals surface area contributed by atoms with E-state index in [9.17, 15) is 9.59 Å². The number of nitrogens with zero attached hydrogens (tertiary/aromatic N) is 3. The van der Waals surface area contributed by atoms with Crippen molar-refractivity contribution >= 4 is 11.9 Å². The monoisotopic (exact) mass is 347 g/mol. The molecule has 1 aromatic rings. The second-order valence-corrected chi connectivity index (χ2v) is 7.78. The Hall–Kier alpha value is -2.02. The number of ether oxygens (including phenoxy) is 2. The number of hydrogen-bond acceptors (Lipinski definition) is 6. The molecule has 3 rings (SSSR count). The first-order chi connectivity index (χ1) is 11.7. The van der Waals surface area contributed by atoms with Crippen LogP contribution in [-0.2, 0) is 9.47 Å². The highest BCUT2D eigenvalue weighted by Gasteiger charge is 2.45. The Morgan fingerprint density at radius 1 is 1.16 bits per heavy atom. The number of carbonyl (C=O) groups is 2. The number of carbonyl (C=O) groups excluding carboxylic acids is 2. The average molecular weight is 347 g/mol. The van der Waals surface area contributed by atoms with Gasteiger partial charge in [-0.1, -0.05) is 0 Å². The summed E-state index contributed by atoms with van der Waals surface area (Å²) >= 11 is 0. The molecule has 7 nitrogen and oxygen atoms in total. The van der Waals surface area contributed by atoms with Crippen LogP contribution >= 0.6 is 0 Å². The van der Waals surface area contributed by atoms with E-state index in [1.165, 1.54) is 0 Å². The van der Waals surface area contributed by atoms with Gasteiger partial charge in [0.25, 0.3) is 0 Å². The van der Waals surface area contributed by atoms with Gasteiger partial charge in [0.2, 0.25) is 0 Å². The third kappa shape index (κ3) is 3.98. The fourth-order valence-corrected chi connectivity index (χ4v) is 3.50. The molecule has 0 saturated carbocycles. The normalized spacial score (nSPS) is 26.2. The molecule has 1 amide bonds. The number of hydrogen-bond donors (Lipinski definition) is 0. The van der Waals surface area contributed by atoms with Gasteiger partial charge in [-0.05, 0) is 40.5 Å². The van der Waals surface area contributed by atoms with E-state index >= 15 is 0 Å². The third-order valence-electron chi connectivity index (χ3n) is 4.56. The highest BCUT2D eigenvalue weighted by atomic mass is 16.6. The van der Waals surface area contributed by atoms with Crippen LogP contribution in [0, 0.1) is 12.8 Å². The van der Waals surface area contributed by atoms with E-state index in [0.29, 0.717) is 37.4 Å². The van der Waals surface area contributed by atoms with Crippen LogP contribution in [0.1, 0.15) is 49.8 Å². The van der Waals surface area contributed by atoms with E-state index < -0.39 is 5.60 Å². The van der Waals surface area contributed by atoms with Crippen molar-refractivity contribution in [1.82, 2.24) is 14.9 Å². The van der Waals surface area contributed by atoms with Gasteiger partial charge in [-0.3, -0.25) is 9.69 Å². The number of fused-ring (bicyclic) bond motifs is 2. The standard InChI is InChI=1S/C18H25N3O4/c1-11-19-7-13(8-20-11)16(22)12-5-14-9-24-10-15(6-12)21(14)17(23)25-18(2,3)4/h7-8,12,14-15H,5-6,9-10H2,1-4H3. The number of ketones is 1. The van der Waals surface area contributed by atoms with Gasteiger partial charge in [-0.2, -0.15) is 0 Å². The second kappa shape index (κ2) is 6.71. The Balaban J connectivity index is 1.73. The van der Waals surface area contributed by atoms with Crippen molar-refractivity contribution in [2.45, 2.75) is 58.2 Å².